The molecule has 0 N–H and O–H groups in total. The van der Waals surface area contributed by atoms with Crippen LogP contribution in [0.15, 0.2) is 24.3 Å². The summed E-state index contributed by atoms with van der Waals surface area (Å²) in [6.45, 7) is 6.52. The summed E-state index contributed by atoms with van der Waals surface area (Å²) in [4.78, 5) is 0. The van der Waals surface area contributed by atoms with Gasteiger partial charge in [-0.05, 0) is 23.0 Å². The van der Waals surface area contributed by atoms with Gasteiger partial charge in [0.15, 0.2) is 5.41 Å². The number of rotatable bonds is 1. The molecule has 86 valence electrons. The van der Waals surface area contributed by atoms with E-state index in [1.54, 1.807) is 0 Å². The van der Waals surface area contributed by atoms with E-state index in [9.17, 15) is 0 Å². The maximum absolute atomic E-state index is 9.00. The predicted octanol–water partition coefficient (Wildman–Crippen LogP) is 3.50. The standard InChI is InChI=1S/C15H16N2/c1-14(2,3)12-6-4-11(5-7-12)13-8-15(13,9-16)10-17/h4-7,13H,8H2,1-3H3. The van der Waals surface area contributed by atoms with Gasteiger partial charge in [0.25, 0.3) is 0 Å². The van der Waals surface area contributed by atoms with Crippen molar-refractivity contribution in [2.75, 3.05) is 0 Å². The molecule has 0 radical (unpaired) electrons. The first-order valence-corrected chi connectivity index (χ1v) is 5.86. The quantitative estimate of drug-likeness (QED) is 0.733. The van der Waals surface area contributed by atoms with E-state index in [0.717, 1.165) is 5.56 Å². The van der Waals surface area contributed by atoms with Crippen LogP contribution in [0.2, 0.25) is 0 Å². The first-order chi connectivity index (χ1) is 7.93. The smallest absolute Gasteiger partial charge is 0.151 e. The molecule has 1 aromatic rings. The van der Waals surface area contributed by atoms with Gasteiger partial charge in [-0.2, -0.15) is 10.5 Å². The monoisotopic (exact) mass is 224 g/mol. The average Bonchev–Trinajstić information content (AvgIpc) is 3.03. The Bertz CT molecular complexity index is 492. The fourth-order valence-electron chi connectivity index (χ4n) is 2.15. The third-order valence-corrected chi connectivity index (χ3v) is 3.54. The molecule has 2 rings (SSSR count). The summed E-state index contributed by atoms with van der Waals surface area (Å²) in [6.07, 6.45) is 0.675. The third-order valence-electron chi connectivity index (χ3n) is 3.54. The van der Waals surface area contributed by atoms with Crippen molar-refractivity contribution in [1.29, 1.82) is 10.5 Å². The molecule has 2 heteroatoms. The zero-order valence-electron chi connectivity index (χ0n) is 10.5. The lowest BCUT2D eigenvalue weighted by Crippen LogP contribution is -2.10. The van der Waals surface area contributed by atoms with Gasteiger partial charge in [0.2, 0.25) is 0 Å². The van der Waals surface area contributed by atoms with Crippen LogP contribution in [0.25, 0.3) is 0 Å². The number of benzene rings is 1. The number of hydrogen-bond acceptors (Lipinski definition) is 2. The summed E-state index contributed by atoms with van der Waals surface area (Å²) in [5.74, 6) is 0.103. The molecule has 1 aliphatic rings. The van der Waals surface area contributed by atoms with Crippen LogP contribution < -0.4 is 0 Å². The van der Waals surface area contributed by atoms with Crippen LogP contribution in [0.4, 0.5) is 0 Å². The Morgan fingerprint density at radius 1 is 1.12 bits per heavy atom. The van der Waals surface area contributed by atoms with Crippen molar-refractivity contribution in [2.24, 2.45) is 5.41 Å². The maximum atomic E-state index is 9.00. The minimum absolute atomic E-state index is 0.103. The second kappa shape index (κ2) is 3.60. The molecule has 1 fully saturated rings. The Labute approximate surface area is 102 Å². The molecule has 0 bridgehead atoms. The number of nitrogens with zero attached hydrogens (tertiary/aromatic N) is 2. The molecule has 0 amide bonds. The van der Waals surface area contributed by atoms with Crippen molar-refractivity contribution in [3.05, 3.63) is 35.4 Å². The summed E-state index contributed by atoms with van der Waals surface area (Å²) in [6, 6.07) is 12.6. The summed E-state index contributed by atoms with van der Waals surface area (Å²) >= 11 is 0. The van der Waals surface area contributed by atoms with E-state index in [4.69, 9.17) is 10.5 Å². The first-order valence-electron chi connectivity index (χ1n) is 5.86. The lowest BCUT2D eigenvalue weighted by atomic mass is 9.86. The second-order valence-corrected chi connectivity index (χ2v) is 5.82. The second-order valence-electron chi connectivity index (χ2n) is 5.82. The molecule has 2 nitrogen and oxygen atoms in total. The molecule has 0 spiro atoms. The highest BCUT2D eigenvalue weighted by molar-refractivity contribution is 5.42. The zero-order chi connectivity index (χ0) is 12.7. The van der Waals surface area contributed by atoms with Crippen LogP contribution in [0, 0.1) is 28.1 Å². The maximum Gasteiger partial charge on any atom is 0.151 e. The van der Waals surface area contributed by atoms with Crippen molar-refractivity contribution in [3.8, 4) is 12.1 Å². The van der Waals surface area contributed by atoms with Gasteiger partial charge in [0.1, 0.15) is 0 Å². The van der Waals surface area contributed by atoms with Crippen LogP contribution >= 0.6 is 0 Å². The summed E-state index contributed by atoms with van der Waals surface area (Å²) < 4.78 is 0. The van der Waals surface area contributed by atoms with E-state index in [-0.39, 0.29) is 11.3 Å². The van der Waals surface area contributed by atoms with Gasteiger partial charge in [0.05, 0.1) is 12.1 Å². The first kappa shape index (κ1) is 11.7. The molecule has 1 saturated carbocycles. The van der Waals surface area contributed by atoms with Crippen LogP contribution in [0.3, 0.4) is 0 Å². The van der Waals surface area contributed by atoms with Crippen molar-refractivity contribution < 1.29 is 0 Å². The minimum Gasteiger partial charge on any atom is -0.197 e. The van der Waals surface area contributed by atoms with E-state index in [2.05, 4.69) is 57.2 Å². The molecule has 0 aromatic heterocycles. The summed E-state index contributed by atoms with van der Waals surface area (Å²) in [5, 5.41) is 18.0. The molecular weight excluding hydrogens is 208 g/mol. The van der Waals surface area contributed by atoms with Gasteiger partial charge in [-0.25, -0.2) is 0 Å². The Hall–Kier alpha value is -1.80. The highest BCUT2D eigenvalue weighted by Gasteiger charge is 2.56. The molecule has 17 heavy (non-hydrogen) atoms. The van der Waals surface area contributed by atoms with E-state index in [0.29, 0.717) is 6.42 Å². The predicted molar refractivity (Wildman–Crippen MR) is 66.2 cm³/mol. The molecule has 1 atom stereocenters. The molecule has 0 saturated heterocycles. The van der Waals surface area contributed by atoms with Gasteiger partial charge < -0.3 is 0 Å². The Morgan fingerprint density at radius 2 is 1.65 bits per heavy atom. The van der Waals surface area contributed by atoms with E-state index in [1.807, 2.05) is 0 Å². The van der Waals surface area contributed by atoms with Crippen LogP contribution in [-0.4, -0.2) is 0 Å². The van der Waals surface area contributed by atoms with Gasteiger partial charge in [-0.1, -0.05) is 45.0 Å². The fraction of sp³-hybridized carbons (Fsp3) is 0.467. The number of nitriles is 2. The molecule has 0 heterocycles. The fourth-order valence-corrected chi connectivity index (χ4v) is 2.15. The van der Waals surface area contributed by atoms with Crippen LogP contribution in [-0.2, 0) is 5.41 Å². The van der Waals surface area contributed by atoms with Crippen molar-refractivity contribution in [2.45, 2.75) is 38.5 Å². The molecular formula is C15H16N2. The van der Waals surface area contributed by atoms with Crippen molar-refractivity contribution >= 4 is 0 Å². The van der Waals surface area contributed by atoms with Crippen molar-refractivity contribution in [1.82, 2.24) is 0 Å². The topological polar surface area (TPSA) is 47.6 Å². The lowest BCUT2D eigenvalue weighted by molar-refractivity contribution is 0.590. The highest BCUT2D eigenvalue weighted by atomic mass is 14.6. The van der Waals surface area contributed by atoms with Gasteiger partial charge in [0, 0.05) is 5.92 Å². The molecule has 0 aliphatic heterocycles. The molecule has 1 aromatic carbocycles. The van der Waals surface area contributed by atoms with Gasteiger partial charge >= 0.3 is 0 Å². The lowest BCUT2D eigenvalue weighted by Gasteiger charge is -2.19. The zero-order valence-corrected chi connectivity index (χ0v) is 10.5. The SMILES string of the molecule is CC(C)(C)c1ccc(C2CC2(C#N)C#N)cc1. The molecule has 1 aliphatic carbocycles. The Kier molecular flexibility index (Phi) is 2.48. The van der Waals surface area contributed by atoms with Gasteiger partial charge in [-0.15, -0.1) is 0 Å². The van der Waals surface area contributed by atoms with Gasteiger partial charge in [-0.3, -0.25) is 0 Å². The van der Waals surface area contributed by atoms with Crippen LogP contribution in [0.5, 0.6) is 0 Å². The van der Waals surface area contributed by atoms with E-state index < -0.39 is 5.41 Å². The normalized spacial score (nSPS) is 21.4. The summed E-state index contributed by atoms with van der Waals surface area (Å²) in [5.41, 5.74) is 1.77. The number of hydrogen-bond donors (Lipinski definition) is 0. The highest BCUT2D eigenvalue weighted by Crippen LogP contribution is 2.58. The summed E-state index contributed by atoms with van der Waals surface area (Å²) in [7, 11) is 0. The third kappa shape index (κ3) is 1.92. The minimum atomic E-state index is -0.761. The van der Waals surface area contributed by atoms with E-state index in [1.165, 1.54) is 5.56 Å². The van der Waals surface area contributed by atoms with E-state index >= 15 is 0 Å². The van der Waals surface area contributed by atoms with Crippen LogP contribution in [0.1, 0.15) is 44.2 Å². The average molecular weight is 224 g/mol. The Morgan fingerprint density at radius 3 is 2.00 bits per heavy atom. The largest absolute Gasteiger partial charge is 0.197 e. The Balaban J connectivity index is 2.23. The van der Waals surface area contributed by atoms with Crippen molar-refractivity contribution in [3.63, 3.8) is 0 Å². The molecule has 1 unspecified atom stereocenters.